The van der Waals surface area contributed by atoms with Crippen LogP contribution in [0.15, 0.2) is 47.5 Å². The van der Waals surface area contributed by atoms with Gasteiger partial charge in [-0.25, -0.2) is 9.37 Å². The highest BCUT2D eigenvalue weighted by Crippen LogP contribution is 2.22. The zero-order chi connectivity index (χ0) is 15.4. The summed E-state index contributed by atoms with van der Waals surface area (Å²) < 4.78 is 13.8. The minimum atomic E-state index is -0.452. The number of rotatable bonds is 1. The highest BCUT2D eigenvalue weighted by Gasteiger charge is 2.13. The van der Waals surface area contributed by atoms with Crippen LogP contribution in [-0.2, 0) is 0 Å². The Morgan fingerprint density at radius 1 is 1.14 bits per heavy atom. The number of aromatic nitrogens is 2. The fourth-order valence-electron chi connectivity index (χ4n) is 2.00. The molecule has 2 aromatic heterocycles. The molecule has 0 bridgehead atoms. The van der Waals surface area contributed by atoms with E-state index in [0.717, 1.165) is 0 Å². The van der Waals surface area contributed by atoms with E-state index >= 15 is 0 Å². The van der Waals surface area contributed by atoms with Gasteiger partial charge in [-0.05, 0) is 12.1 Å². The van der Waals surface area contributed by atoms with Crippen molar-refractivity contribution in [1.82, 2.24) is 9.97 Å². The van der Waals surface area contributed by atoms with Gasteiger partial charge in [-0.15, -0.1) is 0 Å². The van der Waals surface area contributed by atoms with Gasteiger partial charge >= 0.3 is 0 Å². The second-order valence-electron chi connectivity index (χ2n) is 4.04. The Bertz CT molecular complexity index is 830. The molecular formula is C16H14ClFN2O. The molecule has 0 unspecified atom stereocenters. The molecule has 0 aliphatic carbocycles. The average Bonchev–Trinajstić information content (AvgIpc) is 2.51. The Hall–Kier alpha value is -2.20. The van der Waals surface area contributed by atoms with Gasteiger partial charge in [-0.2, -0.15) is 0 Å². The molecule has 0 amide bonds. The lowest BCUT2D eigenvalue weighted by atomic mass is 10.1. The van der Waals surface area contributed by atoms with Crippen molar-refractivity contribution in [3.8, 4) is 11.1 Å². The van der Waals surface area contributed by atoms with E-state index in [9.17, 15) is 9.18 Å². The third-order valence-corrected chi connectivity index (χ3v) is 3.20. The van der Waals surface area contributed by atoms with Crippen LogP contribution in [0.25, 0.3) is 22.0 Å². The highest BCUT2D eigenvalue weighted by molar-refractivity contribution is 6.34. The normalized spacial score (nSPS) is 10.1. The molecule has 0 fully saturated rings. The van der Waals surface area contributed by atoms with E-state index in [4.69, 9.17) is 11.6 Å². The number of pyridine rings is 2. The number of nitrogens with one attached hydrogen (secondary N) is 1. The maximum Gasteiger partial charge on any atom is 0.200 e. The highest BCUT2D eigenvalue weighted by atomic mass is 35.5. The molecule has 3 aromatic rings. The summed E-state index contributed by atoms with van der Waals surface area (Å²) in [5, 5.41) is 0.377. The van der Waals surface area contributed by atoms with E-state index < -0.39 is 5.82 Å². The van der Waals surface area contributed by atoms with Crippen molar-refractivity contribution in [2.45, 2.75) is 13.8 Å². The summed E-state index contributed by atoms with van der Waals surface area (Å²) in [5.74, 6) is -0.452. The minimum Gasteiger partial charge on any atom is -0.360 e. The summed E-state index contributed by atoms with van der Waals surface area (Å²) in [6.07, 6.45) is 2.99. The Labute approximate surface area is 126 Å². The van der Waals surface area contributed by atoms with Gasteiger partial charge in [0.15, 0.2) is 5.43 Å². The number of fused-ring (bicyclic) bond motifs is 1. The molecule has 0 atom stereocenters. The Balaban J connectivity index is 0.000000774. The fourth-order valence-corrected chi connectivity index (χ4v) is 2.25. The van der Waals surface area contributed by atoms with Crippen LogP contribution in [0.1, 0.15) is 13.8 Å². The van der Waals surface area contributed by atoms with E-state index in [1.165, 1.54) is 18.5 Å². The first kappa shape index (κ1) is 15.2. The topological polar surface area (TPSA) is 45.8 Å². The number of hydrogen-bond acceptors (Lipinski definition) is 2. The largest absolute Gasteiger partial charge is 0.360 e. The Morgan fingerprint density at radius 2 is 1.86 bits per heavy atom. The molecule has 21 heavy (non-hydrogen) atoms. The van der Waals surface area contributed by atoms with Crippen LogP contribution in [0.5, 0.6) is 0 Å². The Morgan fingerprint density at radius 3 is 2.57 bits per heavy atom. The minimum absolute atomic E-state index is 0.108. The number of hydrogen-bond donors (Lipinski definition) is 1. The van der Waals surface area contributed by atoms with Crippen LogP contribution >= 0.6 is 11.6 Å². The first-order valence-corrected chi connectivity index (χ1v) is 6.97. The van der Waals surface area contributed by atoms with Crippen LogP contribution < -0.4 is 5.43 Å². The molecule has 5 heteroatoms. The second kappa shape index (κ2) is 6.50. The van der Waals surface area contributed by atoms with Gasteiger partial charge in [0, 0.05) is 23.5 Å². The van der Waals surface area contributed by atoms with Gasteiger partial charge in [-0.1, -0.05) is 43.6 Å². The third kappa shape index (κ3) is 2.81. The second-order valence-corrected chi connectivity index (χ2v) is 4.39. The number of halogens is 2. The molecule has 108 valence electrons. The zero-order valence-corrected chi connectivity index (χ0v) is 12.4. The average molecular weight is 305 g/mol. The Kier molecular flexibility index (Phi) is 4.70. The standard InChI is InChI=1S/C14H8ClFN2O.C2H6/c15-14-12-11(5-6-17-14)18-7-9(13(12)19)8-3-1-2-4-10(8)16;1-2/h1-7H,(H,18,19);1-2H3. The van der Waals surface area contributed by atoms with E-state index in [1.807, 2.05) is 13.8 Å². The van der Waals surface area contributed by atoms with E-state index in [2.05, 4.69) is 9.97 Å². The third-order valence-electron chi connectivity index (χ3n) is 2.91. The fraction of sp³-hybridized carbons (Fsp3) is 0.125. The van der Waals surface area contributed by atoms with Gasteiger partial charge in [0.1, 0.15) is 11.0 Å². The van der Waals surface area contributed by atoms with E-state index in [1.54, 1.807) is 24.3 Å². The molecule has 1 N–H and O–H groups in total. The maximum absolute atomic E-state index is 13.8. The lowest BCUT2D eigenvalue weighted by molar-refractivity contribution is 0.631. The molecule has 0 radical (unpaired) electrons. The number of H-pyrrole nitrogens is 1. The monoisotopic (exact) mass is 304 g/mol. The molecule has 0 saturated heterocycles. The molecule has 1 aromatic carbocycles. The van der Waals surface area contributed by atoms with Gasteiger partial charge in [0.05, 0.1) is 10.9 Å². The lowest BCUT2D eigenvalue weighted by Gasteiger charge is -2.05. The van der Waals surface area contributed by atoms with Crippen LogP contribution in [-0.4, -0.2) is 9.97 Å². The summed E-state index contributed by atoms with van der Waals surface area (Å²) in [6.45, 7) is 4.00. The van der Waals surface area contributed by atoms with Gasteiger partial charge in [0.2, 0.25) is 0 Å². The number of nitrogens with zero attached hydrogens (tertiary/aromatic N) is 1. The van der Waals surface area contributed by atoms with Crippen LogP contribution in [0, 0.1) is 5.82 Å². The van der Waals surface area contributed by atoms with Crippen molar-refractivity contribution in [2.24, 2.45) is 0 Å². The molecule has 0 aliphatic rings. The van der Waals surface area contributed by atoms with Crippen molar-refractivity contribution in [2.75, 3.05) is 0 Å². The van der Waals surface area contributed by atoms with Crippen LogP contribution in [0.2, 0.25) is 5.15 Å². The quantitative estimate of drug-likeness (QED) is 0.677. The smallest absolute Gasteiger partial charge is 0.200 e. The first-order chi connectivity index (χ1) is 10.2. The lowest BCUT2D eigenvalue weighted by Crippen LogP contribution is -2.08. The van der Waals surface area contributed by atoms with Gasteiger partial charge < -0.3 is 4.98 Å². The van der Waals surface area contributed by atoms with Gasteiger partial charge in [0.25, 0.3) is 0 Å². The predicted molar refractivity (Wildman–Crippen MR) is 84.1 cm³/mol. The van der Waals surface area contributed by atoms with Crippen molar-refractivity contribution >= 4 is 22.5 Å². The zero-order valence-electron chi connectivity index (χ0n) is 11.7. The summed E-state index contributed by atoms with van der Waals surface area (Å²) in [5.41, 5.74) is 0.716. The van der Waals surface area contributed by atoms with Crippen molar-refractivity contribution in [1.29, 1.82) is 0 Å². The van der Waals surface area contributed by atoms with Crippen LogP contribution in [0.3, 0.4) is 0 Å². The summed E-state index contributed by atoms with van der Waals surface area (Å²) in [6, 6.07) is 7.75. The summed E-state index contributed by atoms with van der Waals surface area (Å²) in [7, 11) is 0. The summed E-state index contributed by atoms with van der Waals surface area (Å²) >= 11 is 5.94. The molecule has 3 nitrogen and oxygen atoms in total. The maximum atomic E-state index is 13.8. The van der Waals surface area contributed by atoms with Gasteiger partial charge in [-0.3, -0.25) is 4.79 Å². The first-order valence-electron chi connectivity index (χ1n) is 6.59. The molecule has 0 spiro atoms. The van der Waals surface area contributed by atoms with Crippen molar-refractivity contribution in [3.63, 3.8) is 0 Å². The molecular weight excluding hydrogens is 291 g/mol. The van der Waals surface area contributed by atoms with Crippen LogP contribution in [0.4, 0.5) is 4.39 Å². The number of aromatic amines is 1. The van der Waals surface area contributed by atoms with E-state index in [-0.39, 0.29) is 27.1 Å². The number of benzene rings is 1. The predicted octanol–water partition coefficient (Wildman–Crippen LogP) is 4.41. The van der Waals surface area contributed by atoms with Crippen molar-refractivity contribution in [3.05, 3.63) is 63.9 Å². The molecule has 0 aliphatic heterocycles. The molecule has 3 rings (SSSR count). The molecule has 0 saturated carbocycles. The SMILES string of the molecule is CC.O=c1c(-c2ccccc2F)c[nH]c2ccnc(Cl)c12. The molecule has 2 heterocycles. The summed E-state index contributed by atoms with van der Waals surface area (Å²) in [4.78, 5) is 19.2. The van der Waals surface area contributed by atoms with Crippen molar-refractivity contribution < 1.29 is 4.39 Å². The van der Waals surface area contributed by atoms with E-state index in [0.29, 0.717) is 5.52 Å².